The zero-order chi connectivity index (χ0) is 18.4. The minimum atomic E-state index is -0.424. The molecule has 0 saturated carbocycles. The van der Waals surface area contributed by atoms with Crippen LogP contribution in [0.3, 0.4) is 0 Å². The van der Waals surface area contributed by atoms with Crippen LogP contribution in [0.5, 0.6) is 0 Å². The first-order chi connectivity index (χ1) is 11.8. The van der Waals surface area contributed by atoms with Crippen LogP contribution in [0.15, 0.2) is 0 Å². The van der Waals surface area contributed by atoms with Gasteiger partial charge in [0.2, 0.25) is 16.9 Å². The number of piperidine rings is 1. The van der Waals surface area contributed by atoms with Crippen molar-refractivity contribution in [3.8, 4) is 0 Å². The van der Waals surface area contributed by atoms with Gasteiger partial charge in [0.05, 0.1) is 12.5 Å². The van der Waals surface area contributed by atoms with E-state index < -0.39 is 5.41 Å². The standard InChI is InChI=1S/C17H28N4O3S/c1-5-24-10-8-13-19-20-16(25-13)18-14(22)12-7-6-9-21(11-12)15(23)17(2,3)4/h12H,5-11H2,1-4H3,(H,18,20,22). The van der Waals surface area contributed by atoms with Crippen LogP contribution < -0.4 is 5.32 Å². The number of likely N-dealkylation sites (tertiary alicyclic amines) is 1. The quantitative estimate of drug-likeness (QED) is 0.779. The number of aromatic nitrogens is 2. The van der Waals surface area contributed by atoms with Gasteiger partial charge < -0.3 is 15.0 Å². The first-order valence-electron chi connectivity index (χ1n) is 8.81. The molecule has 0 bridgehead atoms. The van der Waals surface area contributed by atoms with Crippen LogP contribution in [0.25, 0.3) is 0 Å². The molecular weight excluding hydrogens is 340 g/mol. The molecule has 0 aliphatic carbocycles. The highest BCUT2D eigenvalue weighted by atomic mass is 32.1. The molecule has 1 saturated heterocycles. The Morgan fingerprint density at radius 2 is 2.12 bits per heavy atom. The Hall–Kier alpha value is -1.54. The Morgan fingerprint density at radius 3 is 2.80 bits per heavy atom. The normalized spacial score (nSPS) is 18.2. The van der Waals surface area contributed by atoms with Gasteiger partial charge in [-0.1, -0.05) is 32.1 Å². The first-order valence-corrected chi connectivity index (χ1v) is 9.63. The Morgan fingerprint density at radius 1 is 1.36 bits per heavy atom. The summed E-state index contributed by atoms with van der Waals surface area (Å²) >= 11 is 1.37. The number of ether oxygens (including phenoxy) is 1. The van der Waals surface area contributed by atoms with E-state index >= 15 is 0 Å². The van der Waals surface area contributed by atoms with Gasteiger partial charge in [-0.15, -0.1) is 10.2 Å². The molecule has 2 heterocycles. The molecular formula is C17H28N4O3S. The Bertz CT molecular complexity index is 597. The van der Waals surface area contributed by atoms with Crippen molar-refractivity contribution in [3.05, 3.63) is 5.01 Å². The number of hydrogen-bond donors (Lipinski definition) is 1. The number of nitrogens with one attached hydrogen (secondary N) is 1. The van der Waals surface area contributed by atoms with Gasteiger partial charge >= 0.3 is 0 Å². The van der Waals surface area contributed by atoms with Crippen molar-refractivity contribution in [3.63, 3.8) is 0 Å². The average Bonchev–Trinajstić information content (AvgIpc) is 3.01. The summed E-state index contributed by atoms with van der Waals surface area (Å²) in [4.78, 5) is 26.8. The summed E-state index contributed by atoms with van der Waals surface area (Å²) in [6.45, 7) is 10.1. The number of amides is 2. The highest BCUT2D eigenvalue weighted by molar-refractivity contribution is 7.15. The van der Waals surface area contributed by atoms with Gasteiger partial charge in [-0.05, 0) is 19.8 Å². The van der Waals surface area contributed by atoms with Crippen LogP contribution in [0.4, 0.5) is 5.13 Å². The van der Waals surface area contributed by atoms with Gasteiger partial charge in [-0.25, -0.2) is 0 Å². The molecule has 8 heteroatoms. The van der Waals surface area contributed by atoms with Crippen molar-refractivity contribution in [2.45, 2.75) is 47.0 Å². The van der Waals surface area contributed by atoms with Gasteiger partial charge in [-0.3, -0.25) is 9.59 Å². The molecule has 1 N–H and O–H groups in total. The van der Waals surface area contributed by atoms with E-state index in [1.165, 1.54) is 11.3 Å². The number of nitrogens with zero attached hydrogens (tertiary/aromatic N) is 3. The lowest BCUT2D eigenvalue weighted by molar-refractivity contribution is -0.142. The predicted molar refractivity (Wildman–Crippen MR) is 97.5 cm³/mol. The van der Waals surface area contributed by atoms with Gasteiger partial charge in [0.1, 0.15) is 5.01 Å². The first kappa shape index (κ1) is 19.8. The fourth-order valence-corrected chi connectivity index (χ4v) is 3.49. The van der Waals surface area contributed by atoms with Crippen molar-refractivity contribution in [2.24, 2.45) is 11.3 Å². The number of anilines is 1. The Labute approximate surface area is 153 Å². The largest absolute Gasteiger partial charge is 0.381 e. The number of rotatable bonds is 6. The topological polar surface area (TPSA) is 84.4 Å². The lowest BCUT2D eigenvalue weighted by atomic mass is 9.91. The molecule has 1 fully saturated rings. The van der Waals surface area contributed by atoms with Crippen molar-refractivity contribution in [1.29, 1.82) is 0 Å². The molecule has 2 amide bonds. The molecule has 1 atom stereocenters. The maximum atomic E-state index is 12.5. The van der Waals surface area contributed by atoms with E-state index in [0.29, 0.717) is 31.3 Å². The number of hydrogen-bond acceptors (Lipinski definition) is 6. The third-order valence-corrected chi connectivity index (χ3v) is 4.98. The summed E-state index contributed by atoms with van der Waals surface area (Å²) in [6, 6.07) is 0. The summed E-state index contributed by atoms with van der Waals surface area (Å²) in [5.74, 6) is -0.186. The van der Waals surface area contributed by atoms with E-state index in [1.54, 1.807) is 4.90 Å². The molecule has 1 aliphatic rings. The van der Waals surface area contributed by atoms with E-state index in [9.17, 15) is 9.59 Å². The van der Waals surface area contributed by atoms with Crippen LogP contribution in [-0.2, 0) is 20.7 Å². The van der Waals surface area contributed by atoms with Crippen LogP contribution in [0, 0.1) is 11.3 Å². The van der Waals surface area contributed by atoms with Gasteiger partial charge in [0, 0.05) is 31.5 Å². The minimum Gasteiger partial charge on any atom is -0.381 e. The number of carbonyl (C=O) groups excluding carboxylic acids is 2. The van der Waals surface area contributed by atoms with Crippen LogP contribution in [0.1, 0.15) is 45.5 Å². The van der Waals surface area contributed by atoms with Crippen molar-refractivity contribution in [1.82, 2.24) is 15.1 Å². The molecule has 1 unspecified atom stereocenters. The molecule has 2 rings (SSSR count). The molecule has 25 heavy (non-hydrogen) atoms. The van der Waals surface area contributed by atoms with E-state index in [2.05, 4.69) is 15.5 Å². The zero-order valence-electron chi connectivity index (χ0n) is 15.5. The maximum Gasteiger partial charge on any atom is 0.231 e. The molecule has 1 aromatic heterocycles. The van der Waals surface area contributed by atoms with Gasteiger partial charge in [-0.2, -0.15) is 0 Å². The maximum absolute atomic E-state index is 12.5. The zero-order valence-corrected chi connectivity index (χ0v) is 16.3. The lowest BCUT2D eigenvalue weighted by Gasteiger charge is -2.35. The summed E-state index contributed by atoms with van der Waals surface area (Å²) in [5, 5.41) is 12.3. The number of carbonyl (C=O) groups is 2. The van der Waals surface area contributed by atoms with Crippen LogP contribution in [0.2, 0.25) is 0 Å². The highest BCUT2D eigenvalue weighted by Gasteiger charge is 2.33. The second-order valence-corrected chi connectivity index (χ2v) is 8.34. The van der Waals surface area contributed by atoms with E-state index in [0.717, 1.165) is 24.4 Å². The third kappa shape index (κ3) is 5.74. The minimum absolute atomic E-state index is 0.0843. The van der Waals surface area contributed by atoms with Crippen molar-refractivity contribution < 1.29 is 14.3 Å². The highest BCUT2D eigenvalue weighted by Crippen LogP contribution is 2.25. The molecule has 140 valence electrons. The van der Waals surface area contributed by atoms with Gasteiger partial charge in [0.15, 0.2) is 0 Å². The van der Waals surface area contributed by atoms with Crippen LogP contribution >= 0.6 is 11.3 Å². The van der Waals surface area contributed by atoms with Crippen molar-refractivity contribution >= 4 is 28.3 Å². The van der Waals surface area contributed by atoms with Crippen LogP contribution in [-0.4, -0.2) is 53.2 Å². The second-order valence-electron chi connectivity index (χ2n) is 7.28. The third-order valence-electron chi connectivity index (χ3n) is 4.08. The van der Waals surface area contributed by atoms with E-state index in [-0.39, 0.29) is 17.7 Å². The smallest absolute Gasteiger partial charge is 0.231 e. The molecule has 1 aromatic rings. The van der Waals surface area contributed by atoms with E-state index in [4.69, 9.17) is 4.74 Å². The monoisotopic (exact) mass is 368 g/mol. The average molecular weight is 369 g/mol. The molecule has 1 aliphatic heterocycles. The Kier molecular flexibility index (Phi) is 6.89. The SMILES string of the molecule is CCOCCc1nnc(NC(=O)C2CCCN(C(=O)C(C)(C)C)C2)s1. The Balaban J connectivity index is 1.89. The van der Waals surface area contributed by atoms with Gasteiger partial charge in [0.25, 0.3) is 0 Å². The summed E-state index contributed by atoms with van der Waals surface area (Å²) in [7, 11) is 0. The second kappa shape index (κ2) is 8.71. The van der Waals surface area contributed by atoms with E-state index in [1.807, 2.05) is 27.7 Å². The molecule has 0 radical (unpaired) electrons. The lowest BCUT2D eigenvalue weighted by Crippen LogP contribution is -2.47. The summed E-state index contributed by atoms with van der Waals surface area (Å²) < 4.78 is 5.30. The van der Waals surface area contributed by atoms with Crippen molar-refractivity contribution in [2.75, 3.05) is 31.6 Å². The predicted octanol–water partition coefficient (Wildman–Crippen LogP) is 2.34. The molecule has 7 nitrogen and oxygen atoms in total. The molecule has 0 spiro atoms. The fourth-order valence-electron chi connectivity index (χ4n) is 2.77. The summed E-state index contributed by atoms with van der Waals surface area (Å²) in [5.41, 5.74) is -0.424. The summed E-state index contributed by atoms with van der Waals surface area (Å²) in [6.07, 6.45) is 2.32. The fraction of sp³-hybridized carbons (Fsp3) is 0.765. The molecule has 0 aromatic carbocycles.